The smallest absolute Gasteiger partial charge is 0.256 e. The van der Waals surface area contributed by atoms with Crippen LogP contribution in [0.4, 0.5) is 11.4 Å². The molecule has 2 heterocycles. The van der Waals surface area contributed by atoms with E-state index in [1.165, 1.54) is 11.1 Å². The van der Waals surface area contributed by atoms with Crippen molar-refractivity contribution in [2.75, 3.05) is 29.9 Å². The molecule has 0 unspecified atom stereocenters. The van der Waals surface area contributed by atoms with E-state index in [2.05, 4.69) is 34.5 Å². The van der Waals surface area contributed by atoms with E-state index < -0.39 is 5.38 Å². The summed E-state index contributed by atoms with van der Waals surface area (Å²) in [5.74, 6) is -0.239. The number of nitrogens with one attached hydrogen (secondary N) is 1. The van der Waals surface area contributed by atoms with Crippen molar-refractivity contribution in [3.63, 3.8) is 0 Å². The maximum Gasteiger partial charge on any atom is 0.256 e. The summed E-state index contributed by atoms with van der Waals surface area (Å²) in [6, 6.07) is 14.1. The number of amides is 2. The Kier molecular flexibility index (Phi) is 5.76. The summed E-state index contributed by atoms with van der Waals surface area (Å²) in [6.45, 7) is 4.85. The number of fused-ring (bicyclic) bond motifs is 1. The van der Waals surface area contributed by atoms with Gasteiger partial charge in [-0.2, -0.15) is 0 Å². The van der Waals surface area contributed by atoms with E-state index >= 15 is 0 Å². The van der Waals surface area contributed by atoms with Gasteiger partial charge in [0.15, 0.2) is 0 Å². The van der Waals surface area contributed by atoms with Crippen molar-refractivity contribution >= 4 is 34.8 Å². The van der Waals surface area contributed by atoms with Crippen molar-refractivity contribution in [2.45, 2.75) is 38.1 Å². The molecule has 1 N–H and O–H groups in total. The van der Waals surface area contributed by atoms with Crippen LogP contribution in [0.25, 0.3) is 0 Å². The van der Waals surface area contributed by atoms with Gasteiger partial charge in [0.25, 0.3) is 5.91 Å². The predicted octanol–water partition coefficient (Wildman–Crippen LogP) is 4.05. The van der Waals surface area contributed by atoms with E-state index in [1.807, 2.05) is 17.0 Å². The summed E-state index contributed by atoms with van der Waals surface area (Å²) >= 11 is 5.89. The van der Waals surface area contributed by atoms with Crippen LogP contribution in [0, 0.1) is 0 Å². The average Bonchev–Trinajstić information content (AvgIpc) is 3.27. The summed E-state index contributed by atoms with van der Waals surface area (Å²) in [6.07, 6.45) is 3.03. The fourth-order valence-electron chi connectivity index (χ4n) is 4.09. The number of alkyl halides is 1. The second-order valence-electron chi connectivity index (χ2n) is 7.78. The molecule has 6 heteroatoms. The zero-order chi connectivity index (χ0) is 20.4. The van der Waals surface area contributed by atoms with Crippen LogP contribution >= 0.6 is 11.6 Å². The lowest BCUT2D eigenvalue weighted by atomic mass is 9.98. The van der Waals surface area contributed by atoms with E-state index in [4.69, 9.17) is 11.6 Å². The number of carbonyl (C=O) groups is 2. The van der Waals surface area contributed by atoms with E-state index in [9.17, 15) is 9.59 Å². The summed E-state index contributed by atoms with van der Waals surface area (Å²) in [7, 11) is 0. The Morgan fingerprint density at radius 3 is 2.48 bits per heavy atom. The lowest BCUT2D eigenvalue weighted by Crippen LogP contribution is -2.34. The molecule has 4 rings (SSSR count). The second-order valence-corrected chi connectivity index (χ2v) is 8.43. The molecule has 1 saturated heterocycles. The first-order valence-corrected chi connectivity index (χ1v) is 10.7. The quantitative estimate of drug-likeness (QED) is 0.772. The van der Waals surface area contributed by atoms with Gasteiger partial charge in [0.2, 0.25) is 5.91 Å². The fraction of sp³-hybridized carbons (Fsp3) is 0.391. The third kappa shape index (κ3) is 4.25. The highest BCUT2D eigenvalue weighted by atomic mass is 35.5. The first-order valence-electron chi connectivity index (χ1n) is 10.2. The predicted molar refractivity (Wildman–Crippen MR) is 117 cm³/mol. The Bertz CT molecular complexity index is 922. The standard InChI is InChI=1S/C23H26ClN3O2/c1-16(24)22(28)25-19-8-9-21(20(14-19)23(29)26-11-4-5-12-26)27-13-10-17-6-2-3-7-18(17)15-27/h2-3,6-9,14,16H,4-5,10-13,15H2,1H3,(H,25,28)/t16-/m0/s1. The van der Waals surface area contributed by atoms with Gasteiger partial charge in [-0.25, -0.2) is 0 Å². The van der Waals surface area contributed by atoms with Crippen LogP contribution in [0.3, 0.4) is 0 Å². The molecule has 2 aromatic rings. The molecule has 2 aliphatic heterocycles. The molecule has 0 aliphatic carbocycles. The normalized spacial score (nSPS) is 17.0. The van der Waals surface area contributed by atoms with Crippen LogP contribution < -0.4 is 10.2 Å². The zero-order valence-corrected chi connectivity index (χ0v) is 17.4. The van der Waals surface area contributed by atoms with Crippen LogP contribution in [0.1, 0.15) is 41.3 Å². The highest BCUT2D eigenvalue weighted by Crippen LogP contribution is 2.31. The SMILES string of the molecule is C[C@H](Cl)C(=O)Nc1ccc(N2CCc3ccccc3C2)c(C(=O)N2CCCC2)c1. The van der Waals surface area contributed by atoms with Crippen molar-refractivity contribution in [1.29, 1.82) is 0 Å². The number of halogens is 1. The largest absolute Gasteiger partial charge is 0.366 e. The number of nitrogens with zero attached hydrogens (tertiary/aromatic N) is 2. The molecule has 29 heavy (non-hydrogen) atoms. The summed E-state index contributed by atoms with van der Waals surface area (Å²) < 4.78 is 0. The lowest BCUT2D eigenvalue weighted by molar-refractivity contribution is -0.115. The molecule has 0 aromatic heterocycles. The maximum atomic E-state index is 13.3. The number of hydrogen-bond acceptors (Lipinski definition) is 3. The van der Waals surface area contributed by atoms with Crippen LogP contribution in [0.15, 0.2) is 42.5 Å². The van der Waals surface area contributed by atoms with Crippen molar-refractivity contribution in [3.8, 4) is 0 Å². The molecular weight excluding hydrogens is 386 g/mol. The monoisotopic (exact) mass is 411 g/mol. The Morgan fingerprint density at radius 1 is 1.03 bits per heavy atom. The summed E-state index contributed by atoms with van der Waals surface area (Å²) in [5.41, 5.74) is 4.84. The van der Waals surface area contributed by atoms with Gasteiger partial charge in [-0.1, -0.05) is 24.3 Å². The maximum absolute atomic E-state index is 13.3. The lowest BCUT2D eigenvalue weighted by Gasteiger charge is -2.33. The Balaban J connectivity index is 1.67. The minimum atomic E-state index is -0.633. The highest BCUT2D eigenvalue weighted by molar-refractivity contribution is 6.32. The van der Waals surface area contributed by atoms with E-state index in [0.29, 0.717) is 11.3 Å². The number of hydrogen-bond donors (Lipinski definition) is 1. The van der Waals surface area contributed by atoms with Gasteiger partial charge in [-0.15, -0.1) is 11.6 Å². The van der Waals surface area contributed by atoms with Crippen LogP contribution in [0.5, 0.6) is 0 Å². The molecule has 1 atom stereocenters. The van der Waals surface area contributed by atoms with Crippen molar-refractivity contribution in [1.82, 2.24) is 4.90 Å². The molecular formula is C23H26ClN3O2. The van der Waals surface area contributed by atoms with Gasteiger partial charge in [0.05, 0.1) is 5.56 Å². The number of benzene rings is 2. The molecule has 0 radical (unpaired) electrons. The summed E-state index contributed by atoms with van der Waals surface area (Å²) in [5, 5.41) is 2.18. The molecule has 0 saturated carbocycles. The van der Waals surface area contributed by atoms with Gasteiger partial charge in [-0.05, 0) is 55.5 Å². The Morgan fingerprint density at radius 2 is 1.76 bits per heavy atom. The molecule has 152 valence electrons. The van der Waals surface area contributed by atoms with Crippen LogP contribution in [0.2, 0.25) is 0 Å². The molecule has 5 nitrogen and oxygen atoms in total. The molecule has 1 fully saturated rings. The average molecular weight is 412 g/mol. The van der Waals surface area contributed by atoms with E-state index in [1.54, 1.807) is 13.0 Å². The Labute approximate surface area is 176 Å². The highest BCUT2D eigenvalue weighted by Gasteiger charge is 2.26. The fourth-order valence-corrected chi connectivity index (χ4v) is 4.15. The third-order valence-corrected chi connectivity index (χ3v) is 5.92. The van der Waals surface area contributed by atoms with Crippen molar-refractivity contribution in [2.24, 2.45) is 0 Å². The van der Waals surface area contributed by atoms with E-state index in [0.717, 1.165) is 51.1 Å². The van der Waals surface area contributed by atoms with Gasteiger partial charge in [0.1, 0.15) is 5.38 Å². The first kappa shape index (κ1) is 19.8. The number of likely N-dealkylation sites (tertiary alicyclic amines) is 1. The first-order chi connectivity index (χ1) is 14.0. The second kappa shape index (κ2) is 8.46. The molecule has 2 amide bonds. The van der Waals surface area contributed by atoms with Crippen LogP contribution in [-0.4, -0.2) is 41.7 Å². The third-order valence-electron chi connectivity index (χ3n) is 5.72. The zero-order valence-electron chi connectivity index (χ0n) is 16.7. The molecule has 0 spiro atoms. The van der Waals surface area contributed by atoms with Crippen molar-refractivity contribution < 1.29 is 9.59 Å². The summed E-state index contributed by atoms with van der Waals surface area (Å²) in [4.78, 5) is 29.5. The molecule has 2 aliphatic rings. The van der Waals surface area contributed by atoms with Crippen LogP contribution in [-0.2, 0) is 17.8 Å². The van der Waals surface area contributed by atoms with Gasteiger partial charge >= 0.3 is 0 Å². The topological polar surface area (TPSA) is 52.7 Å². The minimum absolute atomic E-state index is 0.0337. The van der Waals surface area contributed by atoms with Crippen molar-refractivity contribution in [3.05, 3.63) is 59.2 Å². The number of anilines is 2. The molecule has 2 aromatic carbocycles. The van der Waals surface area contributed by atoms with Gasteiger partial charge in [-0.3, -0.25) is 9.59 Å². The molecule has 0 bridgehead atoms. The number of carbonyl (C=O) groups excluding carboxylic acids is 2. The number of rotatable bonds is 4. The minimum Gasteiger partial charge on any atom is -0.366 e. The van der Waals surface area contributed by atoms with Gasteiger partial charge in [0, 0.05) is 37.6 Å². The van der Waals surface area contributed by atoms with E-state index in [-0.39, 0.29) is 11.8 Å². The van der Waals surface area contributed by atoms with Gasteiger partial charge < -0.3 is 15.1 Å². The Hall–Kier alpha value is -2.53.